The second-order valence-corrected chi connectivity index (χ2v) is 8.93. The molecule has 0 spiro atoms. The number of nitrogens with one attached hydrogen (secondary N) is 1. The van der Waals surface area contributed by atoms with E-state index < -0.39 is 34.1 Å². The van der Waals surface area contributed by atoms with Crippen molar-refractivity contribution in [3.05, 3.63) is 77.3 Å². The molecule has 0 unspecified atom stereocenters. The van der Waals surface area contributed by atoms with E-state index in [9.17, 15) is 22.0 Å². The van der Waals surface area contributed by atoms with E-state index in [1.807, 2.05) is 0 Å². The number of hydrogen-bond acceptors (Lipinski definition) is 5. The Labute approximate surface area is 194 Å². The lowest BCUT2D eigenvalue weighted by Crippen LogP contribution is -2.38. The van der Waals surface area contributed by atoms with Crippen molar-refractivity contribution in [1.29, 1.82) is 0 Å². The number of para-hydroxylation sites is 1. The highest BCUT2D eigenvalue weighted by Crippen LogP contribution is 2.33. The van der Waals surface area contributed by atoms with Gasteiger partial charge < -0.3 is 14.8 Å². The minimum absolute atomic E-state index is 0.137. The van der Waals surface area contributed by atoms with Crippen molar-refractivity contribution in [1.82, 2.24) is 0 Å². The Hall–Kier alpha value is -3.37. The summed E-state index contributed by atoms with van der Waals surface area (Å²) in [5.41, 5.74) is -0.192. The summed E-state index contributed by atoms with van der Waals surface area (Å²) in [5, 5.41) is 2.21. The molecule has 0 radical (unpaired) electrons. The molecular formula is C22H19ClF2N2O5S. The molecule has 3 aromatic rings. The summed E-state index contributed by atoms with van der Waals surface area (Å²) in [6.45, 7) is -0.771. The first-order chi connectivity index (χ1) is 15.7. The van der Waals surface area contributed by atoms with Crippen LogP contribution in [0.5, 0.6) is 11.5 Å². The number of methoxy groups -OCH3 is 2. The Bertz CT molecular complexity index is 1290. The Morgan fingerprint density at radius 3 is 2.30 bits per heavy atom. The average Bonchev–Trinajstić information content (AvgIpc) is 2.80. The first-order valence-electron chi connectivity index (χ1n) is 9.41. The van der Waals surface area contributed by atoms with Gasteiger partial charge >= 0.3 is 0 Å². The minimum Gasteiger partial charge on any atom is -0.493 e. The zero-order chi connectivity index (χ0) is 24.2. The molecule has 0 aliphatic heterocycles. The van der Waals surface area contributed by atoms with Gasteiger partial charge in [0.15, 0.2) is 11.5 Å². The van der Waals surface area contributed by atoms with Crippen LogP contribution in [-0.2, 0) is 14.8 Å². The molecule has 0 aliphatic carbocycles. The number of sulfonamides is 1. The van der Waals surface area contributed by atoms with Crippen LogP contribution < -0.4 is 19.1 Å². The van der Waals surface area contributed by atoms with Crippen LogP contribution in [0.15, 0.2) is 65.6 Å². The van der Waals surface area contributed by atoms with Gasteiger partial charge in [0.2, 0.25) is 5.91 Å². The van der Waals surface area contributed by atoms with Crippen molar-refractivity contribution in [2.24, 2.45) is 0 Å². The minimum atomic E-state index is -4.43. The molecule has 1 N–H and O–H groups in total. The summed E-state index contributed by atoms with van der Waals surface area (Å²) < 4.78 is 65.8. The van der Waals surface area contributed by atoms with Crippen LogP contribution in [0.4, 0.5) is 20.2 Å². The molecule has 3 aromatic carbocycles. The third-order valence-electron chi connectivity index (χ3n) is 4.55. The molecule has 11 heteroatoms. The van der Waals surface area contributed by atoms with E-state index in [2.05, 4.69) is 5.32 Å². The zero-order valence-corrected chi connectivity index (χ0v) is 19.1. The number of nitrogens with zero attached hydrogens (tertiary/aromatic N) is 1. The van der Waals surface area contributed by atoms with E-state index in [-0.39, 0.29) is 27.0 Å². The standard InChI is InChI=1S/C22H19ClF2N2O5S/c1-31-20-10-8-15(12-21(20)32-2)33(29,30)27(19-6-4-3-5-18(19)25)13-22(28)26-14-7-9-17(24)16(23)11-14/h3-12H,13H2,1-2H3,(H,26,28). The van der Waals surface area contributed by atoms with E-state index in [0.717, 1.165) is 12.1 Å². The fourth-order valence-corrected chi connectivity index (χ4v) is 4.59. The van der Waals surface area contributed by atoms with Crippen molar-refractivity contribution < 1.29 is 31.5 Å². The van der Waals surface area contributed by atoms with Gasteiger partial charge in [0.25, 0.3) is 10.0 Å². The van der Waals surface area contributed by atoms with Crippen molar-refractivity contribution in [2.45, 2.75) is 4.90 Å². The molecule has 0 atom stereocenters. The van der Waals surface area contributed by atoms with Crippen LogP contribution in [0.25, 0.3) is 0 Å². The van der Waals surface area contributed by atoms with Crippen LogP contribution >= 0.6 is 11.6 Å². The molecule has 0 saturated heterocycles. The molecule has 0 heterocycles. The van der Waals surface area contributed by atoms with E-state index in [1.54, 1.807) is 0 Å². The SMILES string of the molecule is COc1ccc(S(=O)(=O)N(CC(=O)Nc2ccc(F)c(Cl)c2)c2ccccc2F)cc1OC. The number of anilines is 2. The first kappa shape index (κ1) is 24.3. The summed E-state index contributed by atoms with van der Waals surface area (Å²) >= 11 is 5.72. The van der Waals surface area contributed by atoms with Crippen LogP contribution in [0.1, 0.15) is 0 Å². The number of ether oxygens (including phenoxy) is 2. The lowest BCUT2D eigenvalue weighted by Gasteiger charge is -2.25. The van der Waals surface area contributed by atoms with Gasteiger partial charge in [-0.2, -0.15) is 0 Å². The van der Waals surface area contributed by atoms with E-state index in [4.69, 9.17) is 21.1 Å². The van der Waals surface area contributed by atoms with Gasteiger partial charge in [-0.05, 0) is 42.5 Å². The molecule has 7 nitrogen and oxygen atoms in total. The summed E-state index contributed by atoms with van der Waals surface area (Å²) in [4.78, 5) is 12.4. The van der Waals surface area contributed by atoms with Crippen LogP contribution in [0.2, 0.25) is 5.02 Å². The Balaban J connectivity index is 2.00. The third kappa shape index (κ3) is 5.35. The number of rotatable bonds is 8. The fraction of sp³-hybridized carbons (Fsp3) is 0.136. The summed E-state index contributed by atoms with van der Waals surface area (Å²) in [6.07, 6.45) is 0. The number of halogens is 3. The van der Waals surface area contributed by atoms with Gasteiger partial charge in [-0.1, -0.05) is 23.7 Å². The topological polar surface area (TPSA) is 84.9 Å². The summed E-state index contributed by atoms with van der Waals surface area (Å²) in [5.74, 6) is -1.90. The maximum atomic E-state index is 14.6. The molecule has 0 bridgehead atoms. The van der Waals surface area contributed by atoms with Crippen LogP contribution in [0, 0.1) is 11.6 Å². The lowest BCUT2D eigenvalue weighted by molar-refractivity contribution is -0.114. The second kappa shape index (κ2) is 10.1. The highest BCUT2D eigenvalue weighted by atomic mass is 35.5. The van der Waals surface area contributed by atoms with Crippen LogP contribution in [0.3, 0.4) is 0 Å². The number of hydrogen-bond donors (Lipinski definition) is 1. The van der Waals surface area contributed by atoms with Gasteiger partial charge in [0.05, 0.1) is 29.8 Å². The monoisotopic (exact) mass is 496 g/mol. The summed E-state index contributed by atoms with van der Waals surface area (Å²) in [7, 11) is -1.70. The molecule has 1 amide bonds. The van der Waals surface area contributed by atoms with Crippen molar-refractivity contribution in [3.8, 4) is 11.5 Å². The predicted octanol–water partition coefficient (Wildman–Crippen LogP) is 4.47. The average molecular weight is 497 g/mol. The molecule has 0 aliphatic rings. The lowest BCUT2D eigenvalue weighted by atomic mass is 10.3. The molecule has 3 rings (SSSR count). The highest BCUT2D eigenvalue weighted by molar-refractivity contribution is 7.92. The van der Waals surface area contributed by atoms with Gasteiger partial charge in [-0.3, -0.25) is 9.10 Å². The maximum Gasteiger partial charge on any atom is 0.265 e. The normalized spacial score (nSPS) is 11.1. The Morgan fingerprint density at radius 2 is 1.67 bits per heavy atom. The van der Waals surface area contributed by atoms with Crippen molar-refractivity contribution in [3.63, 3.8) is 0 Å². The molecular weight excluding hydrogens is 478 g/mol. The first-order valence-corrected chi connectivity index (χ1v) is 11.2. The Morgan fingerprint density at radius 1 is 0.970 bits per heavy atom. The van der Waals surface area contributed by atoms with Crippen molar-refractivity contribution >= 4 is 38.9 Å². The largest absolute Gasteiger partial charge is 0.493 e. The Kier molecular flexibility index (Phi) is 7.39. The molecule has 0 aromatic heterocycles. The van der Waals surface area contributed by atoms with Gasteiger partial charge in [-0.25, -0.2) is 17.2 Å². The van der Waals surface area contributed by atoms with Gasteiger partial charge in [-0.15, -0.1) is 0 Å². The van der Waals surface area contributed by atoms with Crippen molar-refractivity contribution in [2.75, 3.05) is 30.4 Å². The van der Waals surface area contributed by atoms with Gasteiger partial charge in [0.1, 0.15) is 18.2 Å². The zero-order valence-electron chi connectivity index (χ0n) is 17.5. The molecule has 0 fully saturated rings. The van der Waals surface area contributed by atoms with Crippen LogP contribution in [-0.4, -0.2) is 35.1 Å². The smallest absolute Gasteiger partial charge is 0.265 e. The third-order valence-corrected chi connectivity index (χ3v) is 6.60. The quantitative estimate of drug-likeness (QED) is 0.497. The van der Waals surface area contributed by atoms with E-state index in [1.165, 1.54) is 62.8 Å². The number of carbonyl (C=O) groups excluding carboxylic acids is 1. The maximum absolute atomic E-state index is 14.6. The number of carbonyl (C=O) groups is 1. The van der Waals surface area contributed by atoms with Gasteiger partial charge in [0, 0.05) is 11.8 Å². The summed E-state index contributed by atoms with van der Waals surface area (Å²) in [6, 6.07) is 12.5. The second-order valence-electron chi connectivity index (χ2n) is 6.66. The fourth-order valence-electron chi connectivity index (χ4n) is 2.96. The molecule has 174 valence electrons. The van der Waals surface area contributed by atoms with E-state index >= 15 is 0 Å². The number of amides is 1. The highest BCUT2D eigenvalue weighted by Gasteiger charge is 2.30. The predicted molar refractivity (Wildman–Crippen MR) is 121 cm³/mol. The number of benzene rings is 3. The molecule has 0 saturated carbocycles. The molecule has 33 heavy (non-hydrogen) atoms. The van der Waals surface area contributed by atoms with E-state index in [0.29, 0.717) is 10.1 Å².